The molecular weight excluding hydrogens is 316 g/mol. The summed E-state index contributed by atoms with van der Waals surface area (Å²) in [5, 5.41) is 11.0. The van der Waals surface area contributed by atoms with Crippen LogP contribution in [0.3, 0.4) is 0 Å². The van der Waals surface area contributed by atoms with E-state index in [1.54, 1.807) is 0 Å². The van der Waals surface area contributed by atoms with Gasteiger partial charge in [-0.05, 0) is 93.8 Å². The van der Waals surface area contributed by atoms with E-state index >= 15 is 0 Å². The second-order valence-corrected chi connectivity index (χ2v) is 12.0. The molecule has 0 heterocycles. The topological polar surface area (TPSA) is 43.3 Å². The third-order valence-electron chi connectivity index (χ3n) is 9.27. The van der Waals surface area contributed by atoms with Gasteiger partial charge >= 0.3 is 0 Å². The van der Waals surface area contributed by atoms with Crippen molar-refractivity contribution in [2.75, 3.05) is 6.26 Å². The first-order valence-electron chi connectivity index (χ1n) is 10.2. The first-order valence-corrected chi connectivity index (χ1v) is 11.8. The average molecular weight is 353 g/mol. The quantitative estimate of drug-likeness (QED) is 0.705. The molecule has 4 aliphatic carbocycles. The zero-order valence-corrected chi connectivity index (χ0v) is 16.8. The normalized spacial score (nSPS) is 58.5. The van der Waals surface area contributed by atoms with Gasteiger partial charge < -0.3 is 9.66 Å². The predicted octanol–water partition coefficient (Wildman–Crippen LogP) is 4.53. The molecule has 4 aliphatic rings. The number of rotatable bonds is 1. The molecule has 0 radical (unpaired) electrons. The average Bonchev–Trinajstić information content (AvgIpc) is 2.85. The van der Waals surface area contributed by atoms with Crippen LogP contribution in [0.1, 0.15) is 78.6 Å². The van der Waals surface area contributed by atoms with E-state index in [0.29, 0.717) is 22.0 Å². The summed E-state index contributed by atoms with van der Waals surface area (Å²) in [6.45, 7) is 7.07. The molecule has 0 aromatic rings. The fourth-order valence-corrected chi connectivity index (χ4v) is 9.45. The summed E-state index contributed by atoms with van der Waals surface area (Å²) in [5.74, 6) is 3.20. The first-order chi connectivity index (χ1) is 11.2. The van der Waals surface area contributed by atoms with Gasteiger partial charge in [-0.15, -0.1) is 0 Å². The van der Waals surface area contributed by atoms with Gasteiger partial charge in [0.05, 0.1) is 11.9 Å². The van der Waals surface area contributed by atoms with E-state index in [-0.39, 0.29) is 0 Å². The number of fused-ring (bicyclic) bond motifs is 5. The molecule has 0 aromatic carbocycles. The summed E-state index contributed by atoms with van der Waals surface area (Å²) in [7, 11) is 0. The third kappa shape index (κ3) is 2.44. The Morgan fingerprint density at radius 3 is 2.29 bits per heavy atom. The SMILES string of the molecule is C[S+]([O-])[C@H]1CCC2C3CCC4C[C@](C)(O)CC[C@]4(C)C3CC[C@@]21C. The fraction of sp³-hybridized carbons (Fsp3) is 1.00. The van der Waals surface area contributed by atoms with Crippen molar-refractivity contribution in [1.29, 1.82) is 0 Å². The van der Waals surface area contributed by atoms with Gasteiger partial charge in [0.25, 0.3) is 0 Å². The molecular formula is C21H36O2S. The van der Waals surface area contributed by atoms with Crippen molar-refractivity contribution in [3.8, 4) is 0 Å². The predicted molar refractivity (Wildman–Crippen MR) is 100 cm³/mol. The Balaban J connectivity index is 1.60. The lowest BCUT2D eigenvalue weighted by Crippen LogP contribution is -2.56. The zero-order valence-electron chi connectivity index (χ0n) is 16.0. The van der Waals surface area contributed by atoms with Gasteiger partial charge in [-0.1, -0.05) is 25.0 Å². The molecule has 9 atom stereocenters. The van der Waals surface area contributed by atoms with Gasteiger partial charge in [-0.3, -0.25) is 0 Å². The van der Waals surface area contributed by atoms with Crippen LogP contribution in [0.5, 0.6) is 0 Å². The number of hydrogen-bond donors (Lipinski definition) is 1. The van der Waals surface area contributed by atoms with E-state index in [1.807, 2.05) is 6.26 Å². The van der Waals surface area contributed by atoms with Gasteiger partial charge in [-0.2, -0.15) is 0 Å². The highest BCUT2D eigenvalue weighted by molar-refractivity contribution is 7.91. The maximum Gasteiger partial charge on any atom is 0.121 e. The minimum absolute atomic E-state index is 0.324. The maximum absolute atomic E-state index is 12.3. The second-order valence-electron chi connectivity index (χ2n) is 10.5. The summed E-state index contributed by atoms with van der Waals surface area (Å²) in [4.78, 5) is 0. The van der Waals surface area contributed by atoms with Crippen molar-refractivity contribution in [3.63, 3.8) is 0 Å². The smallest absolute Gasteiger partial charge is 0.121 e. The second kappa shape index (κ2) is 5.63. The largest absolute Gasteiger partial charge is 0.616 e. The first kappa shape index (κ1) is 17.7. The zero-order chi connectivity index (χ0) is 17.3. The van der Waals surface area contributed by atoms with Gasteiger partial charge in [0.15, 0.2) is 0 Å². The highest BCUT2D eigenvalue weighted by Crippen LogP contribution is 2.67. The van der Waals surface area contributed by atoms with Crippen LogP contribution in [0.4, 0.5) is 0 Å². The Bertz CT molecular complexity index is 504. The Morgan fingerprint density at radius 2 is 1.58 bits per heavy atom. The lowest BCUT2D eigenvalue weighted by molar-refractivity contribution is -0.141. The highest BCUT2D eigenvalue weighted by atomic mass is 32.2. The Morgan fingerprint density at radius 1 is 0.875 bits per heavy atom. The molecule has 0 spiro atoms. The van der Waals surface area contributed by atoms with Crippen LogP contribution >= 0.6 is 0 Å². The lowest BCUT2D eigenvalue weighted by atomic mass is 9.44. The molecule has 5 unspecified atom stereocenters. The van der Waals surface area contributed by atoms with Gasteiger partial charge in [0, 0.05) is 5.41 Å². The molecule has 4 fully saturated rings. The summed E-state index contributed by atoms with van der Waals surface area (Å²) in [5.41, 5.74) is 0.331. The molecule has 2 nitrogen and oxygen atoms in total. The number of hydrogen-bond acceptors (Lipinski definition) is 2. The third-order valence-corrected chi connectivity index (χ3v) is 10.8. The molecule has 0 saturated heterocycles. The van der Waals surface area contributed by atoms with Crippen LogP contribution in [0.25, 0.3) is 0 Å². The van der Waals surface area contributed by atoms with Crippen LogP contribution in [-0.4, -0.2) is 26.8 Å². The lowest BCUT2D eigenvalue weighted by Gasteiger charge is -2.61. The molecule has 0 aliphatic heterocycles. The molecule has 0 amide bonds. The minimum atomic E-state index is -0.673. The molecule has 4 rings (SSSR count). The molecule has 0 bridgehead atoms. The van der Waals surface area contributed by atoms with Crippen LogP contribution < -0.4 is 0 Å². The van der Waals surface area contributed by atoms with Gasteiger partial charge in [0.2, 0.25) is 0 Å². The maximum atomic E-state index is 12.3. The van der Waals surface area contributed by atoms with Gasteiger partial charge in [-0.25, -0.2) is 0 Å². The Labute approximate surface area is 151 Å². The van der Waals surface area contributed by atoms with E-state index in [1.165, 1.54) is 44.9 Å². The van der Waals surface area contributed by atoms with Crippen LogP contribution in [0, 0.1) is 34.5 Å². The summed E-state index contributed by atoms with van der Waals surface area (Å²) in [6.07, 6.45) is 12.9. The molecule has 3 heteroatoms. The summed E-state index contributed by atoms with van der Waals surface area (Å²) in [6, 6.07) is 0. The molecule has 1 N–H and O–H groups in total. The van der Waals surface area contributed by atoms with E-state index in [2.05, 4.69) is 20.8 Å². The molecule has 24 heavy (non-hydrogen) atoms. The van der Waals surface area contributed by atoms with Crippen molar-refractivity contribution >= 4 is 11.2 Å². The summed E-state index contributed by atoms with van der Waals surface area (Å²) >= 11 is -0.673. The van der Waals surface area contributed by atoms with Crippen molar-refractivity contribution in [2.45, 2.75) is 89.4 Å². The molecule has 0 aromatic heterocycles. The molecule has 138 valence electrons. The van der Waals surface area contributed by atoms with Crippen LogP contribution in [0.2, 0.25) is 0 Å². The van der Waals surface area contributed by atoms with Crippen molar-refractivity contribution in [2.24, 2.45) is 34.5 Å². The van der Waals surface area contributed by atoms with E-state index in [0.717, 1.165) is 30.6 Å². The van der Waals surface area contributed by atoms with Gasteiger partial charge in [0.1, 0.15) is 5.25 Å². The monoisotopic (exact) mass is 352 g/mol. The minimum Gasteiger partial charge on any atom is -0.616 e. The Kier molecular flexibility index (Phi) is 4.15. The Hall–Kier alpha value is 0.270. The van der Waals surface area contributed by atoms with Crippen molar-refractivity contribution in [1.82, 2.24) is 0 Å². The van der Waals surface area contributed by atoms with E-state index in [9.17, 15) is 9.66 Å². The van der Waals surface area contributed by atoms with E-state index < -0.39 is 16.8 Å². The highest BCUT2D eigenvalue weighted by Gasteiger charge is 2.62. The number of aliphatic hydroxyl groups is 1. The fourth-order valence-electron chi connectivity index (χ4n) is 7.93. The molecule has 4 saturated carbocycles. The van der Waals surface area contributed by atoms with Crippen LogP contribution in [-0.2, 0) is 11.2 Å². The van der Waals surface area contributed by atoms with Crippen LogP contribution in [0.15, 0.2) is 0 Å². The van der Waals surface area contributed by atoms with Crippen molar-refractivity contribution in [3.05, 3.63) is 0 Å². The standard InChI is InChI=1S/C21H36O2S/c1-19(22)11-12-20(2)14(13-19)5-6-15-16-7-8-18(24(4)23)21(16,3)10-9-17(15)20/h14-18,22H,5-13H2,1-4H3/t14?,15?,16?,17?,18-,19+,20-,21-,24?/m0/s1. The van der Waals surface area contributed by atoms with Crippen molar-refractivity contribution < 1.29 is 9.66 Å². The van der Waals surface area contributed by atoms with E-state index in [4.69, 9.17) is 0 Å². The summed E-state index contributed by atoms with van der Waals surface area (Å²) < 4.78 is 12.3.